The summed E-state index contributed by atoms with van der Waals surface area (Å²) >= 11 is 0. The molecule has 3 unspecified atom stereocenters. The monoisotopic (exact) mass is 519 g/mol. The molecule has 2 aromatic rings. The number of aliphatic hydroxyl groups is 1. The molecule has 3 nitrogen and oxygen atoms in total. The number of rotatable bonds is 4. The maximum atomic E-state index is 13.1. The van der Waals surface area contributed by atoms with Gasteiger partial charge in [0.25, 0.3) is 0 Å². The Kier molecular flexibility index (Phi) is 8.56. The standard InChI is InChI=1S/C26H32F3NO2.C5H12/c1-7-25(6)21-19-17(12-24(4,5)13-18(19)31)30-22(14(2)3)20(21)23(32-25)15-8-10-16(11-9-15)26(27,28)29;1-4-5(2)3/h8-11,14,18,23,31H,7,12-13H2,1-6H3;5H,4H2,1-3H3. The van der Waals surface area contributed by atoms with Crippen LogP contribution in [0.15, 0.2) is 24.3 Å². The molecule has 0 saturated heterocycles. The number of hydrogen-bond donors (Lipinski definition) is 1. The van der Waals surface area contributed by atoms with Crippen LogP contribution in [0.4, 0.5) is 13.2 Å². The van der Waals surface area contributed by atoms with Gasteiger partial charge in [0, 0.05) is 22.5 Å². The molecule has 0 spiro atoms. The molecule has 1 aliphatic heterocycles. The summed E-state index contributed by atoms with van der Waals surface area (Å²) in [7, 11) is 0. The van der Waals surface area contributed by atoms with E-state index in [2.05, 4.69) is 48.5 Å². The van der Waals surface area contributed by atoms with E-state index in [0.717, 1.165) is 52.5 Å². The maximum absolute atomic E-state index is 13.1. The lowest BCUT2D eigenvalue weighted by Gasteiger charge is -2.38. The Balaban J connectivity index is 0.000000695. The van der Waals surface area contributed by atoms with Gasteiger partial charge in [-0.15, -0.1) is 0 Å². The summed E-state index contributed by atoms with van der Waals surface area (Å²) in [4.78, 5) is 5.04. The Bertz CT molecular complexity index is 1090. The van der Waals surface area contributed by atoms with Gasteiger partial charge in [-0.2, -0.15) is 13.2 Å². The third-order valence-electron chi connectivity index (χ3n) is 7.85. The highest BCUT2D eigenvalue weighted by Gasteiger charge is 2.48. The van der Waals surface area contributed by atoms with Gasteiger partial charge in [0.1, 0.15) is 6.10 Å². The van der Waals surface area contributed by atoms with Crippen LogP contribution >= 0.6 is 0 Å². The number of aromatic nitrogens is 1. The summed E-state index contributed by atoms with van der Waals surface area (Å²) in [5.41, 5.74) is 3.89. The summed E-state index contributed by atoms with van der Waals surface area (Å²) in [6, 6.07) is 5.22. The predicted octanol–water partition coefficient (Wildman–Crippen LogP) is 9.03. The van der Waals surface area contributed by atoms with Gasteiger partial charge in [-0.05, 0) is 66.7 Å². The van der Waals surface area contributed by atoms with Gasteiger partial charge in [-0.1, -0.05) is 73.9 Å². The molecule has 37 heavy (non-hydrogen) atoms. The van der Waals surface area contributed by atoms with Crippen molar-refractivity contribution in [1.29, 1.82) is 0 Å². The summed E-state index contributed by atoms with van der Waals surface area (Å²) < 4.78 is 45.9. The normalized spacial score (nSPS) is 24.5. The summed E-state index contributed by atoms with van der Waals surface area (Å²) in [6.45, 7) is 19.1. The molecule has 0 fully saturated rings. The number of benzene rings is 1. The van der Waals surface area contributed by atoms with E-state index >= 15 is 0 Å². The highest BCUT2D eigenvalue weighted by Crippen LogP contribution is 2.55. The Morgan fingerprint density at radius 3 is 2.05 bits per heavy atom. The van der Waals surface area contributed by atoms with Crippen LogP contribution in [0, 0.1) is 11.3 Å². The van der Waals surface area contributed by atoms with E-state index < -0.39 is 29.5 Å². The van der Waals surface area contributed by atoms with Gasteiger partial charge in [0.15, 0.2) is 0 Å². The summed E-state index contributed by atoms with van der Waals surface area (Å²) in [5, 5.41) is 11.2. The van der Waals surface area contributed by atoms with Crippen LogP contribution in [-0.4, -0.2) is 10.1 Å². The molecule has 6 heteroatoms. The first kappa shape index (κ1) is 29.6. The van der Waals surface area contributed by atoms with Crippen molar-refractivity contribution in [2.24, 2.45) is 11.3 Å². The maximum Gasteiger partial charge on any atom is 0.416 e. The second-order valence-corrected chi connectivity index (χ2v) is 12.4. The summed E-state index contributed by atoms with van der Waals surface area (Å²) in [6.07, 6.45) is -2.14. The minimum Gasteiger partial charge on any atom is -0.388 e. The Labute approximate surface area is 220 Å². The second-order valence-electron chi connectivity index (χ2n) is 12.4. The van der Waals surface area contributed by atoms with Crippen molar-refractivity contribution in [2.45, 2.75) is 118 Å². The van der Waals surface area contributed by atoms with Crippen molar-refractivity contribution >= 4 is 0 Å². The third-order valence-corrected chi connectivity index (χ3v) is 7.85. The number of pyridine rings is 1. The van der Waals surface area contributed by atoms with Crippen LogP contribution in [0.3, 0.4) is 0 Å². The lowest BCUT2D eigenvalue weighted by Crippen LogP contribution is -2.31. The van der Waals surface area contributed by atoms with Crippen LogP contribution in [0.2, 0.25) is 0 Å². The molecule has 4 rings (SSSR count). The van der Waals surface area contributed by atoms with E-state index in [1.807, 2.05) is 13.8 Å². The molecule has 1 aromatic heterocycles. The average molecular weight is 520 g/mol. The molecule has 1 N–H and O–H groups in total. The average Bonchev–Trinajstić information content (AvgIpc) is 3.11. The minimum atomic E-state index is -4.38. The van der Waals surface area contributed by atoms with Crippen molar-refractivity contribution in [3.63, 3.8) is 0 Å². The molecule has 0 bridgehead atoms. The Morgan fingerprint density at radius 1 is 1.03 bits per heavy atom. The van der Waals surface area contributed by atoms with Crippen LogP contribution in [0.25, 0.3) is 0 Å². The minimum absolute atomic E-state index is 0.0587. The first-order valence-corrected chi connectivity index (χ1v) is 13.6. The van der Waals surface area contributed by atoms with E-state index in [0.29, 0.717) is 18.4 Å². The molecular formula is C31H44F3NO2. The first-order chi connectivity index (χ1) is 17.0. The third kappa shape index (κ3) is 6.06. The van der Waals surface area contributed by atoms with Crippen molar-refractivity contribution < 1.29 is 23.0 Å². The molecule has 3 atom stereocenters. The number of halogens is 3. The Morgan fingerprint density at radius 2 is 1.59 bits per heavy atom. The van der Waals surface area contributed by atoms with Gasteiger partial charge in [-0.25, -0.2) is 0 Å². The zero-order valence-corrected chi connectivity index (χ0v) is 23.9. The van der Waals surface area contributed by atoms with Gasteiger partial charge in [0.2, 0.25) is 0 Å². The lowest BCUT2D eigenvalue weighted by atomic mass is 9.70. The van der Waals surface area contributed by atoms with E-state index in [9.17, 15) is 18.3 Å². The van der Waals surface area contributed by atoms with E-state index in [1.54, 1.807) is 0 Å². The van der Waals surface area contributed by atoms with E-state index in [4.69, 9.17) is 9.72 Å². The highest BCUT2D eigenvalue weighted by atomic mass is 19.4. The van der Waals surface area contributed by atoms with Crippen LogP contribution in [0.1, 0.15) is 139 Å². The number of ether oxygens (including phenoxy) is 1. The fourth-order valence-electron chi connectivity index (χ4n) is 5.32. The molecule has 1 aliphatic carbocycles. The Hall–Kier alpha value is -1.92. The van der Waals surface area contributed by atoms with Crippen molar-refractivity contribution in [3.05, 3.63) is 63.5 Å². The number of nitrogens with zero attached hydrogens (tertiary/aromatic N) is 1. The number of fused-ring (bicyclic) bond motifs is 3. The predicted molar refractivity (Wildman–Crippen MR) is 143 cm³/mol. The fraction of sp³-hybridized carbons (Fsp3) is 0.645. The topological polar surface area (TPSA) is 42.4 Å². The van der Waals surface area contributed by atoms with Gasteiger partial charge in [-0.3, -0.25) is 4.98 Å². The lowest BCUT2D eigenvalue weighted by molar-refractivity contribution is -0.137. The molecule has 2 aliphatic rings. The molecule has 2 heterocycles. The largest absolute Gasteiger partial charge is 0.416 e. The molecule has 0 amide bonds. The highest BCUT2D eigenvalue weighted by molar-refractivity contribution is 5.54. The number of hydrogen-bond acceptors (Lipinski definition) is 3. The number of aliphatic hydroxyl groups excluding tert-OH is 1. The van der Waals surface area contributed by atoms with E-state index in [-0.39, 0.29) is 11.3 Å². The zero-order chi connectivity index (χ0) is 27.9. The quantitative estimate of drug-likeness (QED) is 0.438. The van der Waals surface area contributed by atoms with E-state index in [1.165, 1.54) is 18.6 Å². The summed E-state index contributed by atoms with van der Waals surface area (Å²) in [5.74, 6) is 0.992. The molecule has 206 valence electrons. The van der Waals surface area contributed by atoms with Crippen LogP contribution in [0.5, 0.6) is 0 Å². The molecule has 0 saturated carbocycles. The smallest absolute Gasteiger partial charge is 0.388 e. The second kappa shape index (κ2) is 10.7. The number of alkyl halides is 3. The first-order valence-electron chi connectivity index (χ1n) is 13.6. The zero-order valence-electron chi connectivity index (χ0n) is 23.9. The van der Waals surface area contributed by atoms with Crippen LogP contribution in [-0.2, 0) is 22.9 Å². The van der Waals surface area contributed by atoms with Crippen molar-refractivity contribution in [2.75, 3.05) is 0 Å². The van der Waals surface area contributed by atoms with Crippen molar-refractivity contribution in [3.8, 4) is 0 Å². The van der Waals surface area contributed by atoms with Gasteiger partial charge >= 0.3 is 6.18 Å². The van der Waals surface area contributed by atoms with Crippen LogP contribution < -0.4 is 0 Å². The molecular weight excluding hydrogens is 475 g/mol. The molecule has 0 radical (unpaired) electrons. The van der Waals surface area contributed by atoms with Gasteiger partial charge < -0.3 is 9.84 Å². The van der Waals surface area contributed by atoms with Crippen molar-refractivity contribution in [1.82, 2.24) is 4.98 Å². The molecule has 1 aromatic carbocycles. The SMILES string of the molecule is CCC(C)C.CCC1(C)OC(c2ccc(C(F)(F)F)cc2)c2c(C(C)C)nc3c(c21)C(O)CC(C)(C)C3. The van der Waals surface area contributed by atoms with Gasteiger partial charge in [0.05, 0.1) is 17.3 Å². The fourth-order valence-corrected chi connectivity index (χ4v) is 5.32.